The molecule has 0 saturated heterocycles. The Morgan fingerprint density at radius 3 is 2.71 bits per heavy atom. The average Bonchev–Trinajstić information content (AvgIpc) is 2.94. The van der Waals surface area contributed by atoms with Gasteiger partial charge in [-0.3, -0.25) is 0 Å². The lowest BCUT2D eigenvalue weighted by molar-refractivity contribution is -0.130. The quantitative estimate of drug-likeness (QED) is 0.625. The standard InChI is InChI=1S/C18H14FNO4/c1-22-16-8-7-12(9-14(16)19)10-15-18(21)24-17(20-15)11-23-13-5-3-2-4-6-13/h2-10H,11H2,1H3/b15-10+. The topological polar surface area (TPSA) is 57.1 Å². The van der Waals surface area contributed by atoms with E-state index in [0.29, 0.717) is 11.3 Å². The Bertz CT molecular complexity index is 815. The molecular formula is C18H14FNO4. The fourth-order valence-electron chi connectivity index (χ4n) is 2.11. The molecule has 0 unspecified atom stereocenters. The molecule has 0 amide bonds. The van der Waals surface area contributed by atoms with Gasteiger partial charge in [0, 0.05) is 0 Å². The Hall–Kier alpha value is -3.15. The van der Waals surface area contributed by atoms with Crippen molar-refractivity contribution in [2.45, 2.75) is 0 Å². The molecular weight excluding hydrogens is 313 g/mol. The lowest BCUT2D eigenvalue weighted by Gasteiger charge is -2.03. The lowest BCUT2D eigenvalue weighted by atomic mass is 10.2. The van der Waals surface area contributed by atoms with Crippen LogP contribution in [0.4, 0.5) is 4.39 Å². The largest absolute Gasteiger partial charge is 0.494 e. The predicted octanol–water partition coefficient (Wildman–Crippen LogP) is 3.21. The van der Waals surface area contributed by atoms with Crippen molar-refractivity contribution >= 4 is 17.9 Å². The molecule has 0 fully saturated rings. The van der Waals surface area contributed by atoms with E-state index in [9.17, 15) is 9.18 Å². The van der Waals surface area contributed by atoms with Crippen molar-refractivity contribution in [3.8, 4) is 11.5 Å². The summed E-state index contributed by atoms with van der Waals surface area (Å²) in [5, 5.41) is 0. The van der Waals surface area contributed by atoms with Crippen LogP contribution in [0.1, 0.15) is 5.56 Å². The minimum absolute atomic E-state index is 0.0318. The van der Waals surface area contributed by atoms with Crippen LogP contribution >= 0.6 is 0 Å². The third kappa shape index (κ3) is 3.60. The van der Waals surface area contributed by atoms with E-state index >= 15 is 0 Å². The molecule has 1 aliphatic rings. The molecule has 0 bridgehead atoms. The van der Waals surface area contributed by atoms with Gasteiger partial charge in [0.05, 0.1) is 7.11 Å². The zero-order valence-electron chi connectivity index (χ0n) is 12.9. The van der Waals surface area contributed by atoms with Gasteiger partial charge in [0.25, 0.3) is 0 Å². The monoisotopic (exact) mass is 327 g/mol. The zero-order chi connectivity index (χ0) is 16.9. The summed E-state index contributed by atoms with van der Waals surface area (Å²) in [7, 11) is 1.38. The molecule has 0 N–H and O–H groups in total. The first-order chi connectivity index (χ1) is 11.7. The van der Waals surface area contributed by atoms with Gasteiger partial charge in [0.1, 0.15) is 5.75 Å². The van der Waals surface area contributed by atoms with Crippen LogP contribution in [0, 0.1) is 5.82 Å². The number of cyclic esters (lactones) is 1. The number of ether oxygens (including phenoxy) is 3. The van der Waals surface area contributed by atoms with Gasteiger partial charge in [-0.05, 0) is 35.9 Å². The molecule has 0 saturated carbocycles. The van der Waals surface area contributed by atoms with Crippen molar-refractivity contribution in [1.82, 2.24) is 0 Å². The Morgan fingerprint density at radius 1 is 1.21 bits per heavy atom. The van der Waals surface area contributed by atoms with Crippen molar-refractivity contribution in [2.75, 3.05) is 13.7 Å². The highest BCUT2D eigenvalue weighted by atomic mass is 19.1. The Kier molecular flexibility index (Phi) is 4.56. The minimum Gasteiger partial charge on any atom is -0.494 e. The molecule has 1 heterocycles. The van der Waals surface area contributed by atoms with Gasteiger partial charge in [-0.15, -0.1) is 0 Å². The minimum atomic E-state index is -0.599. The first kappa shape index (κ1) is 15.7. The normalized spacial score (nSPS) is 15.2. The Labute approximate surface area is 138 Å². The maximum absolute atomic E-state index is 13.7. The highest BCUT2D eigenvalue weighted by Gasteiger charge is 2.23. The number of esters is 1. The molecule has 1 aliphatic heterocycles. The van der Waals surface area contributed by atoms with Gasteiger partial charge in [0.15, 0.2) is 23.9 Å². The number of para-hydroxylation sites is 1. The van der Waals surface area contributed by atoms with Crippen molar-refractivity contribution in [2.24, 2.45) is 4.99 Å². The van der Waals surface area contributed by atoms with Gasteiger partial charge in [-0.25, -0.2) is 14.2 Å². The molecule has 0 spiro atoms. The maximum Gasteiger partial charge on any atom is 0.363 e. The second-order valence-corrected chi connectivity index (χ2v) is 4.92. The summed E-state index contributed by atoms with van der Waals surface area (Å²) in [5.74, 6) is -0.186. The molecule has 2 aromatic carbocycles. The molecule has 0 aliphatic carbocycles. The van der Waals surface area contributed by atoms with E-state index in [1.165, 1.54) is 25.3 Å². The fourth-order valence-corrected chi connectivity index (χ4v) is 2.11. The van der Waals surface area contributed by atoms with Crippen molar-refractivity contribution in [1.29, 1.82) is 0 Å². The molecule has 6 heteroatoms. The number of halogens is 1. The maximum atomic E-state index is 13.7. The Balaban J connectivity index is 1.72. The molecule has 24 heavy (non-hydrogen) atoms. The highest BCUT2D eigenvalue weighted by Crippen LogP contribution is 2.21. The zero-order valence-corrected chi connectivity index (χ0v) is 12.9. The summed E-state index contributed by atoms with van der Waals surface area (Å²) >= 11 is 0. The van der Waals surface area contributed by atoms with Gasteiger partial charge >= 0.3 is 5.97 Å². The third-order valence-corrected chi connectivity index (χ3v) is 3.25. The predicted molar refractivity (Wildman–Crippen MR) is 86.4 cm³/mol. The van der Waals surface area contributed by atoms with Crippen LogP contribution < -0.4 is 9.47 Å². The van der Waals surface area contributed by atoms with Crippen LogP contribution in [0.25, 0.3) is 6.08 Å². The smallest absolute Gasteiger partial charge is 0.363 e. The van der Waals surface area contributed by atoms with Gasteiger partial charge in [0.2, 0.25) is 5.90 Å². The number of carbonyl (C=O) groups is 1. The van der Waals surface area contributed by atoms with Crippen LogP contribution in [-0.2, 0) is 9.53 Å². The highest BCUT2D eigenvalue weighted by molar-refractivity contribution is 6.07. The number of aliphatic imine (C=N–C) groups is 1. The van der Waals surface area contributed by atoms with E-state index in [0.717, 1.165) is 0 Å². The van der Waals surface area contributed by atoms with Crippen molar-refractivity contribution in [3.05, 3.63) is 65.6 Å². The summed E-state index contributed by atoms with van der Waals surface area (Å²) in [5.41, 5.74) is 0.570. The van der Waals surface area contributed by atoms with Crippen LogP contribution in [0.15, 0.2) is 59.2 Å². The summed E-state index contributed by atoms with van der Waals surface area (Å²) in [6, 6.07) is 13.5. The molecule has 0 aromatic heterocycles. The molecule has 5 nitrogen and oxygen atoms in total. The first-order valence-corrected chi connectivity index (χ1v) is 7.18. The van der Waals surface area contributed by atoms with Crippen molar-refractivity contribution < 1.29 is 23.4 Å². The SMILES string of the molecule is COc1ccc(/C=C2/N=C(COc3ccccc3)OC2=O)cc1F. The van der Waals surface area contributed by atoms with Crippen molar-refractivity contribution in [3.63, 3.8) is 0 Å². The number of benzene rings is 2. The summed E-state index contributed by atoms with van der Waals surface area (Å²) in [6.07, 6.45) is 1.44. The molecule has 0 atom stereocenters. The number of methoxy groups -OCH3 is 1. The second kappa shape index (κ2) is 6.95. The average molecular weight is 327 g/mol. The van der Waals surface area contributed by atoms with Crippen LogP contribution in [0.5, 0.6) is 11.5 Å². The number of carbonyl (C=O) groups excluding carboxylic acids is 1. The first-order valence-electron chi connectivity index (χ1n) is 7.18. The van der Waals surface area contributed by atoms with Gasteiger partial charge in [-0.1, -0.05) is 24.3 Å². The van der Waals surface area contributed by atoms with Gasteiger partial charge in [-0.2, -0.15) is 0 Å². The Morgan fingerprint density at radius 2 is 2.00 bits per heavy atom. The van der Waals surface area contributed by atoms with E-state index in [4.69, 9.17) is 14.2 Å². The third-order valence-electron chi connectivity index (χ3n) is 3.25. The molecule has 3 rings (SSSR count). The molecule has 122 valence electrons. The van der Waals surface area contributed by atoms with Crippen LogP contribution in [0.2, 0.25) is 0 Å². The molecule has 0 radical (unpaired) electrons. The van der Waals surface area contributed by atoms with Crippen LogP contribution in [-0.4, -0.2) is 25.6 Å². The summed E-state index contributed by atoms with van der Waals surface area (Å²) in [4.78, 5) is 15.9. The fraction of sp³-hybridized carbons (Fsp3) is 0.111. The number of nitrogens with zero attached hydrogens (tertiary/aromatic N) is 1. The van der Waals surface area contributed by atoms with E-state index in [-0.39, 0.29) is 24.0 Å². The van der Waals surface area contributed by atoms with E-state index in [1.807, 2.05) is 18.2 Å². The van der Waals surface area contributed by atoms with E-state index < -0.39 is 11.8 Å². The number of hydrogen-bond acceptors (Lipinski definition) is 5. The number of rotatable bonds is 5. The summed E-state index contributed by atoms with van der Waals surface area (Å²) in [6.45, 7) is 0.0318. The summed E-state index contributed by atoms with van der Waals surface area (Å²) < 4.78 is 29.0. The lowest BCUT2D eigenvalue weighted by Crippen LogP contribution is -2.13. The molecule has 2 aromatic rings. The van der Waals surface area contributed by atoms with Crippen LogP contribution in [0.3, 0.4) is 0 Å². The second-order valence-electron chi connectivity index (χ2n) is 4.92. The number of hydrogen-bond donors (Lipinski definition) is 0. The van der Waals surface area contributed by atoms with Gasteiger partial charge < -0.3 is 14.2 Å². The van der Waals surface area contributed by atoms with E-state index in [2.05, 4.69) is 4.99 Å². The van der Waals surface area contributed by atoms with E-state index in [1.54, 1.807) is 18.2 Å².